The van der Waals surface area contributed by atoms with Crippen LogP contribution in [0.5, 0.6) is 5.75 Å². The summed E-state index contributed by atoms with van der Waals surface area (Å²) in [6.07, 6.45) is 1.54. The Morgan fingerprint density at radius 1 is 1.22 bits per heavy atom. The van der Waals surface area contributed by atoms with Crippen LogP contribution >= 0.6 is 0 Å². The Balaban J connectivity index is 2.64. The molecule has 0 heterocycles. The number of benzene rings is 1. The zero-order chi connectivity index (χ0) is 17.1. The van der Waals surface area contributed by atoms with Crippen LogP contribution in [0.1, 0.15) is 32.6 Å². The minimum atomic E-state index is -0.849. The molecule has 126 valence electrons. The number of aliphatic carboxylic acids is 1. The maximum atomic E-state index is 11.9. The van der Waals surface area contributed by atoms with Crippen molar-refractivity contribution in [2.24, 2.45) is 10.2 Å². The largest absolute Gasteiger partial charge is 0.497 e. The van der Waals surface area contributed by atoms with E-state index in [1.807, 2.05) is 0 Å². The Morgan fingerprint density at radius 2 is 1.91 bits per heavy atom. The van der Waals surface area contributed by atoms with Crippen LogP contribution in [0, 0.1) is 0 Å². The minimum absolute atomic E-state index is 0.0746. The number of esters is 1. The van der Waals surface area contributed by atoms with Gasteiger partial charge >= 0.3 is 11.9 Å². The average Bonchev–Trinajstić information content (AvgIpc) is 2.54. The maximum Gasteiger partial charge on any atom is 0.332 e. The number of hydrogen-bond donors (Lipinski definition) is 1. The van der Waals surface area contributed by atoms with Gasteiger partial charge in [0.25, 0.3) is 0 Å². The Hall–Kier alpha value is -2.44. The third-order valence-corrected chi connectivity index (χ3v) is 3.06. The van der Waals surface area contributed by atoms with Gasteiger partial charge in [0.1, 0.15) is 5.75 Å². The van der Waals surface area contributed by atoms with Gasteiger partial charge in [0.2, 0.25) is 0 Å². The van der Waals surface area contributed by atoms with Crippen LogP contribution in [-0.2, 0) is 14.3 Å². The lowest BCUT2D eigenvalue weighted by Crippen LogP contribution is -2.21. The lowest BCUT2D eigenvalue weighted by atomic mass is 10.1. The lowest BCUT2D eigenvalue weighted by Gasteiger charge is -2.09. The van der Waals surface area contributed by atoms with E-state index >= 15 is 0 Å². The molecule has 0 aromatic heterocycles. The van der Waals surface area contributed by atoms with E-state index in [2.05, 4.69) is 10.2 Å². The number of carboxylic acid groups (broad SMARTS) is 1. The molecule has 0 spiro atoms. The molecule has 0 saturated carbocycles. The summed E-state index contributed by atoms with van der Waals surface area (Å²) < 4.78 is 10.0. The van der Waals surface area contributed by atoms with Crippen LogP contribution in [0.3, 0.4) is 0 Å². The van der Waals surface area contributed by atoms with Gasteiger partial charge < -0.3 is 14.6 Å². The highest BCUT2D eigenvalue weighted by atomic mass is 16.5. The van der Waals surface area contributed by atoms with Gasteiger partial charge in [-0.1, -0.05) is 6.42 Å². The fourth-order valence-electron chi connectivity index (χ4n) is 1.86. The number of ether oxygens (including phenoxy) is 2. The van der Waals surface area contributed by atoms with Crippen LogP contribution in [0.15, 0.2) is 34.5 Å². The molecule has 0 radical (unpaired) electrons. The first-order valence-electron chi connectivity index (χ1n) is 7.50. The quantitative estimate of drug-likeness (QED) is 0.404. The van der Waals surface area contributed by atoms with Crippen molar-refractivity contribution < 1.29 is 24.2 Å². The molecular formula is C16H22N2O5. The van der Waals surface area contributed by atoms with E-state index in [9.17, 15) is 9.59 Å². The summed E-state index contributed by atoms with van der Waals surface area (Å²) in [7, 11) is 1.57. The zero-order valence-corrected chi connectivity index (χ0v) is 13.4. The number of methoxy groups -OCH3 is 1. The lowest BCUT2D eigenvalue weighted by molar-refractivity contribution is -0.144. The van der Waals surface area contributed by atoms with Gasteiger partial charge in [-0.25, -0.2) is 4.79 Å². The first-order valence-corrected chi connectivity index (χ1v) is 7.50. The third-order valence-electron chi connectivity index (χ3n) is 3.06. The summed E-state index contributed by atoms with van der Waals surface area (Å²) in [5.74, 6) is -0.586. The molecule has 1 N–H and O–H groups in total. The second-order valence-electron chi connectivity index (χ2n) is 4.82. The van der Waals surface area contributed by atoms with E-state index in [1.54, 1.807) is 38.3 Å². The molecule has 0 aliphatic heterocycles. The topological polar surface area (TPSA) is 97.6 Å². The highest BCUT2D eigenvalue weighted by molar-refractivity contribution is 5.75. The molecule has 7 nitrogen and oxygen atoms in total. The highest BCUT2D eigenvalue weighted by Gasteiger charge is 2.19. The van der Waals surface area contributed by atoms with Crippen molar-refractivity contribution in [3.05, 3.63) is 24.3 Å². The fraction of sp³-hybridized carbons (Fsp3) is 0.500. The van der Waals surface area contributed by atoms with Gasteiger partial charge in [-0.2, -0.15) is 10.2 Å². The number of nitrogens with zero attached hydrogens (tertiary/aromatic N) is 2. The summed E-state index contributed by atoms with van der Waals surface area (Å²) >= 11 is 0. The number of carbonyl (C=O) groups is 2. The van der Waals surface area contributed by atoms with Crippen molar-refractivity contribution in [2.45, 2.75) is 38.6 Å². The molecule has 0 amide bonds. The molecule has 1 aromatic rings. The Bertz CT molecular complexity index is 528. The number of hydrogen-bond acceptors (Lipinski definition) is 6. The van der Waals surface area contributed by atoms with Gasteiger partial charge in [0.15, 0.2) is 6.04 Å². The highest BCUT2D eigenvalue weighted by Crippen LogP contribution is 2.19. The number of carbonyl (C=O) groups excluding carboxylic acids is 1. The predicted octanol–water partition coefficient (Wildman–Crippen LogP) is 3.36. The summed E-state index contributed by atoms with van der Waals surface area (Å²) in [5, 5.41) is 16.7. The van der Waals surface area contributed by atoms with Gasteiger partial charge in [-0.15, -0.1) is 0 Å². The van der Waals surface area contributed by atoms with E-state index in [0.29, 0.717) is 30.7 Å². The first kappa shape index (κ1) is 18.6. The van der Waals surface area contributed by atoms with Crippen molar-refractivity contribution in [1.29, 1.82) is 0 Å². The molecule has 0 fully saturated rings. The van der Waals surface area contributed by atoms with Crippen LogP contribution in [0.2, 0.25) is 0 Å². The summed E-state index contributed by atoms with van der Waals surface area (Å²) in [4.78, 5) is 22.4. The van der Waals surface area contributed by atoms with E-state index in [1.165, 1.54) is 0 Å². The van der Waals surface area contributed by atoms with Gasteiger partial charge in [-0.3, -0.25) is 4.79 Å². The normalized spacial score (nSPS) is 12.1. The van der Waals surface area contributed by atoms with Crippen molar-refractivity contribution in [1.82, 2.24) is 0 Å². The Kier molecular flexibility index (Phi) is 8.34. The van der Waals surface area contributed by atoms with Crippen molar-refractivity contribution >= 4 is 17.6 Å². The fourth-order valence-corrected chi connectivity index (χ4v) is 1.86. The van der Waals surface area contributed by atoms with E-state index in [4.69, 9.17) is 14.6 Å². The molecule has 1 atom stereocenters. The van der Waals surface area contributed by atoms with Crippen LogP contribution in [0.25, 0.3) is 0 Å². The van der Waals surface area contributed by atoms with E-state index in [-0.39, 0.29) is 13.0 Å². The number of carboxylic acids is 1. The Morgan fingerprint density at radius 3 is 2.48 bits per heavy atom. The number of rotatable bonds is 10. The molecule has 23 heavy (non-hydrogen) atoms. The molecule has 0 aliphatic rings. The molecule has 0 aliphatic carbocycles. The summed E-state index contributed by atoms with van der Waals surface area (Å²) in [6, 6.07) is 6.25. The molecule has 1 unspecified atom stereocenters. The first-order chi connectivity index (χ1) is 11.1. The van der Waals surface area contributed by atoms with Gasteiger partial charge in [0, 0.05) is 6.42 Å². The molecule has 0 saturated heterocycles. The summed E-state index contributed by atoms with van der Waals surface area (Å²) in [6.45, 7) is 1.99. The van der Waals surface area contributed by atoms with Crippen molar-refractivity contribution in [2.75, 3.05) is 13.7 Å². The smallest absolute Gasteiger partial charge is 0.332 e. The Labute approximate surface area is 135 Å². The monoisotopic (exact) mass is 322 g/mol. The van der Waals surface area contributed by atoms with Gasteiger partial charge in [0.05, 0.1) is 19.4 Å². The SMILES string of the molecule is CCOC(=O)C(CCCCC(=O)O)N=Nc1ccc(OC)cc1. The molecule has 1 rings (SSSR count). The van der Waals surface area contributed by atoms with Crippen molar-refractivity contribution in [3.63, 3.8) is 0 Å². The molecule has 0 bridgehead atoms. The summed E-state index contributed by atoms with van der Waals surface area (Å²) in [5.41, 5.74) is 0.602. The van der Waals surface area contributed by atoms with Crippen LogP contribution in [0.4, 0.5) is 5.69 Å². The molecule has 7 heteroatoms. The van der Waals surface area contributed by atoms with E-state index < -0.39 is 18.0 Å². The van der Waals surface area contributed by atoms with Crippen LogP contribution in [-0.4, -0.2) is 36.8 Å². The second kappa shape index (κ2) is 10.3. The number of azo groups is 1. The molecule has 1 aromatic carbocycles. The number of unbranched alkanes of at least 4 members (excludes halogenated alkanes) is 1. The maximum absolute atomic E-state index is 11.9. The predicted molar refractivity (Wildman–Crippen MR) is 84.0 cm³/mol. The second-order valence-corrected chi connectivity index (χ2v) is 4.82. The van der Waals surface area contributed by atoms with Crippen molar-refractivity contribution in [3.8, 4) is 5.75 Å². The zero-order valence-electron chi connectivity index (χ0n) is 13.4. The molecular weight excluding hydrogens is 300 g/mol. The van der Waals surface area contributed by atoms with Gasteiger partial charge in [-0.05, 0) is 44.0 Å². The standard InChI is InChI=1S/C16H22N2O5/c1-3-23-16(21)14(6-4-5-7-15(19)20)18-17-12-8-10-13(22-2)11-9-12/h8-11,14H,3-7H2,1-2H3,(H,19,20). The van der Waals surface area contributed by atoms with Crippen LogP contribution < -0.4 is 4.74 Å². The average molecular weight is 322 g/mol. The van der Waals surface area contributed by atoms with E-state index in [0.717, 1.165) is 0 Å². The minimum Gasteiger partial charge on any atom is -0.497 e. The third kappa shape index (κ3) is 7.39.